The summed E-state index contributed by atoms with van der Waals surface area (Å²) in [6, 6.07) is 6.13. The van der Waals surface area contributed by atoms with Gasteiger partial charge >= 0.3 is 0 Å². The Kier molecular flexibility index (Phi) is 3.52. The van der Waals surface area contributed by atoms with Gasteiger partial charge in [0.15, 0.2) is 5.65 Å². The first-order valence-electron chi connectivity index (χ1n) is 8.12. The van der Waals surface area contributed by atoms with Crippen LogP contribution in [0, 0.1) is 6.92 Å². The maximum Gasteiger partial charge on any atom is 0.255 e. The highest BCUT2D eigenvalue weighted by atomic mass is 16.2. The molecule has 1 saturated carbocycles. The Morgan fingerprint density at radius 1 is 1.38 bits per heavy atom. The molecule has 0 unspecified atom stereocenters. The van der Waals surface area contributed by atoms with Crippen molar-refractivity contribution >= 4 is 16.9 Å². The lowest BCUT2D eigenvalue weighted by molar-refractivity contribution is 0.0729. The van der Waals surface area contributed by atoms with Crippen molar-refractivity contribution in [3.63, 3.8) is 0 Å². The summed E-state index contributed by atoms with van der Waals surface area (Å²) >= 11 is 0. The van der Waals surface area contributed by atoms with Crippen LogP contribution in [0.5, 0.6) is 0 Å². The molecule has 4 rings (SSSR count). The van der Waals surface area contributed by atoms with Crippen LogP contribution in [0.3, 0.4) is 0 Å². The molecule has 0 aromatic carbocycles. The van der Waals surface area contributed by atoms with Crippen LogP contribution in [0.1, 0.15) is 34.5 Å². The van der Waals surface area contributed by atoms with Crippen molar-refractivity contribution in [3.05, 3.63) is 53.6 Å². The van der Waals surface area contributed by atoms with E-state index < -0.39 is 0 Å². The minimum Gasteiger partial charge on any atom is -0.331 e. The molecule has 0 aliphatic heterocycles. The number of carbonyl (C=O) groups excluding carboxylic acids is 1. The lowest BCUT2D eigenvalue weighted by Crippen LogP contribution is -2.32. The molecule has 6 nitrogen and oxygen atoms in total. The number of nitrogens with zero attached hydrogens (tertiary/aromatic N) is 5. The molecule has 1 aliphatic carbocycles. The van der Waals surface area contributed by atoms with Crippen LogP contribution in [-0.4, -0.2) is 36.6 Å². The number of hydrogen-bond acceptors (Lipinski definition) is 4. The number of aromatic nitrogens is 4. The van der Waals surface area contributed by atoms with Crippen molar-refractivity contribution in [3.8, 4) is 0 Å². The molecule has 3 aromatic heterocycles. The zero-order valence-corrected chi connectivity index (χ0v) is 13.8. The second-order valence-electron chi connectivity index (χ2n) is 6.33. The fourth-order valence-corrected chi connectivity index (χ4v) is 3.03. The molecule has 0 N–H and O–H groups in total. The van der Waals surface area contributed by atoms with Crippen molar-refractivity contribution in [1.82, 2.24) is 24.6 Å². The van der Waals surface area contributed by atoms with E-state index in [9.17, 15) is 4.79 Å². The molecule has 0 atom stereocenters. The van der Waals surface area contributed by atoms with Crippen LogP contribution >= 0.6 is 0 Å². The Morgan fingerprint density at radius 3 is 2.92 bits per heavy atom. The average Bonchev–Trinajstić information content (AvgIpc) is 3.40. The van der Waals surface area contributed by atoms with Crippen molar-refractivity contribution in [2.45, 2.75) is 32.4 Å². The van der Waals surface area contributed by atoms with Gasteiger partial charge in [0.25, 0.3) is 5.91 Å². The number of rotatable bonds is 4. The summed E-state index contributed by atoms with van der Waals surface area (Å²) in [6.45, 7) is 2.52. The number of aryl methyl sites for hydroxylation is 2. The fourth-order valence-electron chi connectivity index (χ4n) is 3.03. The summed E-state index contributed by atoms with van der Waals surface area (Å²) in [6.07, 6.45) is 7.34. The van der Waals surface area contributed by atoms with Gasteiger partial charge in [-0.05, 0) is 37.5 Å². The Labute approximate surface area is 140 Å². The topological polar surface area (TPSA) is 63.9 Å². The Balaban J connectivity index is 1.66. The first-order chi connectivity index (χ1) is 11.6. The lowest BCUT2D eigenvalue weighted by atomic mass is 10.1. The van der Waals surface area contributed by atoms with Crippen molar-refractivity contribution in [1.29, 1.82) is 0 Å². The van der Waals surface area contributed by atoms with E-state index in [-0.39, 0.29) is 5.91 Å². The minimum atomic E-state index is 0.0269. The van der Waals surface area contributed by atoms with Crippen LogP contribution in [0.25, 0.3) is 11.0 Å². The molecule has 0 bridgehead atoms. The van der Waals surface area contributed by atoms with Gasteiger partial charge in [-0.25, -0.2) is 4.98 Å². The third-order valence-electron chi connectivity index (χ3n) is 4.43. The van der Waals surface area contributed by atoms with Crippen molar-refractivity contribution in [2.24, 2.45) is 7.05 Å². The molecule has 0 spiro atoms. The Morgan fingerprint density at radius 2 is 2.21 bits per heavy atom. The number of carbonyl (C=O) groups is 1. The van der Waals surface area contributed by atoms with Crippen LogP contribution < -0.4 is 0 Å². The van der Waals surface area contributed by atoms with E-state index in [1.54, 1.807) is 17.1 Å². The minimum absolute atomic E-state index is 0.0269. The summed E-state index contributed by atoms with van der Waals surface area (Å²) in [5.41, 5.74) is 3.35. The number of hydrogen-bond donors (Lipinski definition) is 0. The van der Waals surface area contributed by atoms with Gasteiger partial charge in [-0.3, -0.25) is 14.5 Å². The second-order valence-corrected chi connectivity index (χ2v) is 6.33. The predicted molar refractivity (Wildman–Crippen MR) is 90.4 cm³/mol. The normalized spacial score (nSPS) is 14.1. The van der Waals surface area contributed by atoms with Crippen LogP contribution in [0.2, 0.25) is 0 Å². The van der Waals surface area contributed by atoms with Gasteiger partial charge in [0.2, 0.25) is 0 Å². The van der Waals surface area contributed by atoms with E-state index in [4.69, 9.17) is 0 Å². The van der Waals surface area contributed by atoms with Gasteiger partial charge in [0.1, 0.15) is 0 Å². The number of pyridine rings is 2. The SMILES string of the molecule is Cc1nn(C)c2ncc(C(=O)N(Cc3cccnc3)C3CC3)cc12. The van der Waals surface area contributed by atoms with E-state index >= 15 is 0 Å². The molecule has 122 valence electrons. The van der Waals surface area contributed by atoms with Crippen molar-refractivity contribution < 1.29 is 4.79 Å². The standard InChI is InChI=1S/C18H19N5O/c1-12-16-8-14(10-20-17(16)22(2)21-12)18(24)23(15-5-6-15)11-13-4-3-7-19-9-13/h3-4,7-10,15H,5-6,11H2,1-2H3. The third-order valence-corrected chi connectivity index (χ3v) is 4.43. The van der Waals surface area contributed by atoms with Gasteiger partial charge in [-0.1, -0.05) is 6.07 Å². The first-order valence-corrected chi connectivity index (χ1v) is 8.12. The molecule has 6 heteroatoms. The van der Waals surface area contributed by atoms with Crippen LogP contribution in [0.4, 0.5) is 0 Å². The summed E-state index contributed by atoms with van der Waals surface area (Å²) in [7, 11) is 1.86. The van der Waals surface area contributed by atoms with Gasteiger partial charge < -0.3 is 4.90 Å². The highest BCUT2D eigenvalue weighted by Crippen LogP contribution is 2.30. The molecule has 24 heavy (non-hydrogen) atoms. The molecule has 0 radical (unpaired) electrons. The molecule has 3 heterocycles. The summed E-state index contributed by atoms with van der Waals surface area (Å²) < 4.78 is 1.74. The zero-order valence-electron chi connectivity index (χ0n) is 13.8. The Bertz CT molecular complexity index is 898. The van der Waals surface area contributed by atoms with Crippen LogP contribution in [-0.2, 0) is 13.6 Å². The fraction of sp³-hybridized carbons (Fsp3) is 0.333. The second kappa shape index (κ2) is 5.70. The smallest absolute Gasteiger partial charge is 0.255 e. The van der Waals surface area contributed by atoms with E-state index in [0.29, 0.717) is 18.2 Å². The lowest BCUT2D eigenvalue weighted by Gasteiger charge is -2.22. The molecule has 0 saturated heterocycles. The molecular weight excluding hydrogens is 302 g/mol. The number of amides is 1. The number of fused-ring (bicyclic) bond motifs is 1. The van der Waals surface area contributed by atoms with E-state index in [0.717, 1.165) is 35.1 Å². The third kappa shape index (κ3) is 2.64. The zero-order chi connectivity index (χ0) is 16.7. The van der Waals surface area contributed by atoms with E-state index in [2.05, 4.69) is 15.1 Å². The van der Waals surface area contributed by atoms with Crippen LogP contribution in [0.15, 0.2) is 36.8 Å². The van der Waals surface area contributed by atoms with E-state index in [1.165, 1.54) is 0 Å². The highest BCUT2D eigenvalue weighted by molar-refractivity contribution is 5.97. The average molecular weight is 321 g/mol. The summed E-state index contributed by atoms with van der Waals surface area (Å²) in [4.78, 5) is 23.5. The maximum absolute atomic E-state index is 13.0. The van der Waals surface area contributed by atoms with E-state index in [1.807, 2.05) is 43.3 Å². The largest absolute Gasteiger partial charge is 0.331 e. The summed E-state index contributed by atoms with van der Waals surface area (Å²) in [5.74, 6) is 0.0269. The van der Waals surface area contributed by atoms with Gasteiger partial charge in [-0.15, -0.1) is 0 Å². The molecule has 1 fully saturated rings. The predicted octanol–water partition coefficient (Wildman–Crippen LogP) is 2.48. The molecule has 1 aliphatic rings. The first kappa shape index (κ1) is 14.8. The summed E-state index contributed by atoms with van der Waals surface area (Å²) in [5, 5.41) is 5.30. The molecular formula is C18H19N5O. The van der Waals surface area contributed by atoms with Gasteiger partial charge in [0.05, 0.1) is 11.3 Å². The Hall–Kier alpha value is -2.76. The van der Waals surface area contributed by atoms with Gasteiger partial charge in [-0.2, -0.15) is 5.10 Å². The maximum atomic E-state index is 13.0. The monoisotopic (exact) mass is 321 g/mol. The highest BCUT2D eigenvalue weighted by Gasteiger charge is 2.33. The molecule has 1 amide bonds. The van der Waals surface area contributed by atoms with Gasteiger partial charge in [0, 0.05) is 43.6 Å². The quantitative estimate of drug-likeness (QED) is 0.740. The van der Waals surface area contributed by atoms with Crippen molar-refractivity contribution in [2.75, 3.05) is 0 Å². The molecule has 3 aromatic rings.